The number of carbonyl (C=O) groups is 5. The number of anilines is 1. The van der Waals surface area contributed by atoms with Crippen molar-refractivity contribution >= 4 is 35.2 Å². The third kappa shape index (κ3) is 4.80. The molecule has 0 unspecified atom stereocenters. The molecule has 2 aliphatic carbocycles. The second-order valence-corrected chi connectivity index (χ2v) is 11.4. The Morgan fingerprint density at radius 2 is 1.55 bits per heavy atom. The molecule has 0 radical (unpaired) electrons. The van der Waals surface area contributed by atoms with E-state index in [2.05, 4.69) is 12.1 Å². The number of amides is 2. The number of rotatable bonds is 8. The zero-order valence-electron chi connectivity index (χ0n) is 23.5. The van der Waals surface area contributed by atoms with Gasteiger partial charge >= 0.3 is 11.9 Å². The first-order valence-corrected chi connectivity index (χ1v) is 14.5. The summed E-state index contributed by atoms with van der Waals surface area (Å²) in [5.41, 5.74) is 1.91. The lowest BCUT2D eigenvalue weighted by Gasteiger charge is -2.28. The molecule has 3 fully saturated rings. The minimum absolute atomic E-state index is 0.0475. The van der Waals surface area contributed by atoms with E-state index in [4.69, 9.17) is 13.9 Å². The molecule has 1 saturated heterocycles. The van der Waals surface area contributed by atoms with E-state index >= 15 is 0 Å². The predicted molar refractivity (Wildman–Crippen MR) is 156 cm³/mol. The highest BCUT2D eigenvalue weighted by Gasteiger charge is 2.64. The molecule has 0 spiro atoms. The van der Waals surface area contributed by atoms with Crippen molar-refractivity contribution in [3.63, 3.8) is 0 Å². The number of ether oxygens (including phenoxy) is 2. The molecular weight excluding hydrogens is 562 g/mol. The van der Waals surface area contributed by atoms with Gasteiger partial charge in [-0.25, -0.2) is 9.59 Å². The average molecular weight is 590 g/mol. The molecule has 1 aliphatic heterocycles. The molecule has 2 amide bonds. The summed E-state index contributed by atoms with van der Waals surface area (Å²) in [5.74, 6) is -2.21. The Balaban J connectivity index is 0.991. The van der Waals surface area contributed by atoms with E-state index in [0.29, 0.717) is 5.69 Å². The fourth-order valence-electron chi connectivity index (χ4n) is 7.13. The van der Waals surface area contributed by atoms with Crippen LogP contribution in [0.3, 0.4) is 0 Å². The highest BCUT2D eigenvalue weighted by atomic mass is 16.5. The van der Waals surface area contributed by atoms with Gasteiger partial charge in [-0.05, 0) is 90.8 Å². The minimum Gasteiger partial charge on any atom is -0.457 e. The van der Waals surface area contributed by atoms with E-state index in [1.807, 2.05) is 18.2 Å². The summed E-state index contributed by atoms with van der Waals surface area (Å²) in [4.78, 5) is 66.0. The van der Waals surface area contributed by atoms with Gasteiger partial charge in [-0.2, -0.15) is 0 Å². The quantitative estimate of drug-likeness (QED) is 0.115. The summed E-state index contributed by atoms with van der Waals surface area (Å²) in [6.45, 7) is -0.523. The molecule has 9 nitrogen and oxygen atoms in total. The molecule has 5 atom stereocenters. The number of hydrogen-bond acceptors (Lipinski definition) is 8. The van der Waals surface area contributed by atoms with Crippen LogP contribution in [0.5, 0.6) is 5.75 Å². The number of imide groups is 1. The molecule has 44 heavy (non-hydrogen) atoms. The van der Waals surface area contributed by atoms with Crippen LogP contribution >= 0.6 is 0 Å². The summed E-state index contributed by atoms with van der Waals surface area (Å²) in [6.07, 6.45) is 3.12. The first-order chi connectivity index (χ1) is 21.4. The fraction of sp³-hybridized carbons (Fsp3) is 0.229. The van der Waals surface area contributed by atoms with Crippen LogP contribution in [-0.4, -0.2) is 36.1 Å². The van der Waals surface area contributed by atoms with Gasteiger partial charge in [-0.1, -0.05) is 36.4 Å². The van der Waals surface area contributed by atoms with Crippen molar-refractivity contribution in [1.82, 2.24) is 0 Å². The van der Waals surface area contributed by atoms with Crippen molar-refractivity contribution in [2.24, 2.45) is 23.7 Å². The van der Waals surface area contributed by atoms with Crippen molar-refractivity contribution in [3.8, 4) is 5.75 Å². The molecule has 0 N–H and O–H groups in total. The van der Waals surface area contributed by atoms with Crippen molar-refractivity contribution in [3.05, 3.63) is 120 Å². The standard InChI is InChI=1S/C35H27NO8/c37-28(21-11-13-25(14-12-21)44-35(41)29-10-5-15-42-29)19-43-34(40)22-8-4-9-24(16-22)36-32(38)30-23-17-26(20-6-2-1-3-7-20)27(18-23)31(30)33(36)39/h1-16,23,26-27,30-31H,17-19H2/t23-,26+,27+,30+,31-/m0/s1. The molecule has 2 saturated carbocycles. The highest BCUT2D eigenvalue weighted by Crippen LogP contribution is 2.61. The zero-order valence-corrected chi connectivity index (χ0v) is 23.5. The smallest absolute Gasteiger partial charge is 0.379 e. The van der Waals surface area contributed by atoms with Gasteiger partial charge in [-0.15, -0.1) is 0 Å². The maximum atomic E-state index is 13.7. The van der Waals surface area contributed by atoms with Crippen LogP contribution in [-0.2, 0) is 14.3 Å². The van der Waals surface area contributed by atoms with Crippen LogP contribution in [0.25, 0.3) is 0 Å². The second kappa shape index (κ2) is 11.1. The highest BCUT2D eigenvalue weighted by molar-refractivity contribution is 6.23. The van der Waals surface area contributed by atoms with Gasteiger partial charge in [0.2, 0.25) is 17.6 Å². The van der Waals surface area contributed by atoms with Crippen LogP contribution in [0.2, 0.25) is 0 Å². The number of carbonyl (C=O) groups excluding carboxylic acids is 5. The van der Waals surface area contributed by atoms with Crippen molar-refractivity contribution in [1.29, 1.82) is 0 Å². The van der Waals surface area contributed by atoms with Gasteiger partial charge in [0.05, 0.1) is 29.3 Å². The second-order valence-electron chi connectivity index (χ2n) is 11.4. The topological polar surface area (TPSA) is 120 Å². The molecule has 7 rings (SSSR count). The van der Waals surface area contributed by atoms with Crippen LogP contribution in [0.4, 0.5) is 5.69 Å². The van der Waals surface area contributed by atoms with Gasteiger partial charge in [-0.3, -0.25) is 19.3 Å². The molecule has 1 aromatic heterocycles. The monoisotopic (exact) mass is 589 g/mol. The number of esters is 2. The van der Waals surface area contributed by atoms with Gasteiger partial charge in [0, 0.05) is 5.56 Å². The Morgan fingerprint density at radius 1 is 0.773 bits per heavy atom. The molecule has 220 valence electrons. The summed E-state index contributed by atoms with van der Waals surface area (Å²) in [7, 11) is 0. The van der Waals surface area contributed by atoms with Crippen molar-refractivity contribution in [2.45, 2.75) is 18.8 Å². The average Bonchev–Trinajstić information content (AvgIpc) is 3.85. The Hall–Kier alpha value is -5.31. The third-order valence-electron chi connectivity index (χ3n) is 9.03. The molecule has 4 aromatic rings. The molecule has 3 aliphatic rings. The minimum atomic E-state index is -0.757. The number of ketones is 1. The number of benzene rings is 3. The van der Waals surface area contributed by atoms with E-state index in [-0.39, 0.29) is 64.0 Å². The maximum Gasteiger partial charge on any atom is 0.379 e. The lowest BCUT2D eigenvalue weighted by Crippen LogP contribution is -2.33. The SMILES string of the molecule is O=C(COC(=O)c1cccc(N2C(=O)[C@@H]3[C@@H]4C[C@@H]([C@@H]3C2=O)[C@@H](c2ccccc2)C4)c1)c1ccc(OC(=O)c2ccco2)cc1. The summed E-state index contributed by atoms with van der Waals surface area (Å²) >= 11 is 0. The Bertz CT molecular complexity index is 1760. The first kappa shape index (κ1) is 27.5. The van der Waals surface area contributed by atoms with E-state index in [1.54, 1.807) is 18.2 Å². The summed E-state index contributed by atoms with van der Waals surface area (Å²) in [5, 5.41) is 0. The molecule has 3 aromatic carbocycles. The van der Waals surface area contributed by atoms with E-state index in [0.717, 1.165) is 12.8 Å². The number of hydrogen-bond donors (Lipinski definition) is 0. The number of furan rings is 1. The van der Waals surface area contributed by atoms with Crippen LogP contribution < -0.4 is 9.64 Å². The normalized spacial score (nSPS) is 23.5. The summed E-state index contributed by atoms with van der Waals surface area (Å²) < 4.78 is 15.5. The predicted octanol–water partition coefficient (Wildman–Crippen LogP) is 5.47. The fourth-order valence-corrected chi connectivity index (χ4v) is 7.13. The maximum absolute atomic E-state index is 13.7. The third-order valence-corrected chi connectivity index (χ3v) is 9.03. The molecule has 2 bridgehead atoms. The van der Waals surface area contributed by atoms with Gasteiger partial charge in [0.15, 0.2) is 12.4 Å². The Morgan fingerprint density at radius 3 is 2.30 bits per heavy atom. The molecule has 2 heterocycles. The lowest BCUT2D eigenvalue weighted by molar-refractivity contribution is -0.123. The van der Waals surface area contributed by atoms with Gasteiger partial charge in [0.1, 0.15) is 5.75 Å². The Labute approximate surface area is 252 Å². The lowest BCUT2D eigenvalue weighted by atomic mass is 9.73. The van der Waals surface area contributed by atoms with E-state index in [9.17, 15) is 24.0 Å². The molecule has 9 heteroatoms. The zero-order chi connectivity index (χ0) is 30.4. The largest absolute Gasteiger partial charge is 0.457 e. The Kier molecular flexibility index (Phi) is 6.93. The van der Waals surface area contributed by atoms with Gasteiger partial charge < -0.3 is 13.9 Å². The van der Waals surface area contributed by atoms with Crippen molar-refractivity contribution in [2.75, 3.05) is 11.5 Å². The molecular formula is C35H27NO8. The van der Waals surface area contributed by atoms with Crippen molar-refractivity contribution < 1.29 is 37.9 Å². The number of nitrogens with zero attached hydrogens (tertiary/aromatic N) is 1. The van der Waals surface area contributed by atoms with Crippen LogP contribution in [0.1, 0.15) is 55.6 Å². The first-order valence-electron chi connectivity index (χ1n) is 14.5. The van der Waals surface area contributed by atoms with Crippen LogP contribution in [0.15, 0.2) is 102 Å². The number of fused-ring (bicyclic) bond motifs is 5. The van der Waals surface area contributed by atoms with Gasteiger partial charge in [0.25, 0.3) is 0 Å². The van der Waals surface area contributed by atoms with E-state index in [1.165, 1.54) is 59.2 Å². The van der Waals surface area contributed by atoms with E-state index < -0.39 is 24.3 Å². The summed E-state index contributed by atoms with van der Waals surface area (Å²) in [6, 6.07) is 25.2. The number of Topliss-reactive ketones (excluding diaryl/α,β-unsaturated/α-hetero) is 1. The van der Waals surface area contributed by atoms with Crippen LogP contribution in [0, 0.1) is 23.7 Å².